The van der Waals surface area contributed by atoms with Crippen LogP contribution in [0.3, 0.4) is 0 Å². The van der Waals surface area contributed by atoms with Gasteiger partial charge >= 0.3 is 5.97 Å². The molecule has 0 saturated carbocycles. The molecule has 0 aliphatic heterocycles. The summed E-state index contributed by atoms with van der Waals surface area (Å²) in [6, 6.07) is 5.82. The number of carbonyl (C=O) groups excluding carboxylic acids is 1. The van der Waals surface area contributed by atoms with E-state index >= 15 is 0 Å². The summed E-state index contributed by atoms with van der Waals surface area (Å²) in [4.78, 5) is 32.7. The number of aliphatic carboxylic acids is 1. The van der Waals surface area contributed by atoms with Crippen LogP contribution in [0, 0.1) is 16.0 Å². The average molecular weight is 280 g/mol. The van der Waals surface area contributed by atoms with Crippen LogP contribution in [-0.4, -0.2) is 28.5 Å². The molecule has 1 rings (SSSR count). The number of rotatable bonds is 6. The summed E-state index contributed by atoms with van der Waals surface area (Å²) in [5.74, 6) is -2.63. The molecule has 2 N–H and O–H groups in total. The summed E-state index contributed by atoms with van der Waals surface area (Å²) in [5.41, 5.74) is 0.431. The molecule has 2 unspecified atom stereocenters. The Bertz CT molecular complexity index is 529. The third-order valence-corrected chi connectivity index (χ3v) is 2.98. The molecule has 0 aliphatic rings. The Morgan fingerprint density at radius 2 is 2.05 bits per heavy atom. The first kappa shape index (κ1) is 15.6. The molecule has 7 nitrogen and oxygen atoms in total. The normalized spacial score (nSPS) is 13.3. The van der Waals surface area contributed by atoms with Gasteiger partial charge in [-0.2, -0.15) is 0 Å². The van der Waals surface area contributed by atoms with Crippen LogP contribution >= 0.6 is 0 Å². The number of amides is 1. The smallest absolute Gasteiger partial charge is 0.308 e. The Morgan fingerprint density at radius 3 is 2.60 bits per heavy atom. The minimum Gasteiger partial charge on any atom is -0.481 e. The van der Waals surface area contributed by atoms with Crippen LogP contribution in [0.2, 0.25) is 0 Å². The molecule has 0 saturated heterocycles. The van der Waals surface area contributed by atoms with E-state index in [0.29, 0.717) is 5.56 Å². The number of non-ortho nitro benzene ring substituents is 1. The van der Waals surface area contributed by atoms with Crippen LogP contribution in [0.1, 0.15) is 25.3 Å². The van der Waals surface area contributed by atoms with Crippen molar-refractivity contribution in [2.24, 2.45) is 5.92 Å². The highest BCUT2D eigenvalue weighted by Crippen LogP contribution is 2.20. The highest BCUT2D eigenvalue weighted by Gasteiger charge is 2.19. The van der Waals surface area contributed by atoms with E-state index in [1.165, 1.54) is 25.1 Å². The van der Waals surface area contributed by atoms with Gasteiger partial charge in [-0.05, 0) is 12.5 Å². The minimum atomic E-state index is -0.992. The molecule has 0 fully saturated rings. The van der Waals surface area contributed by atoms with E-state index in [2.05, 4.69) is 5.32 Å². The fourth-order valence-electron chi connectivity index (χ4n) is 1.55. The molecule has 0 bridgehead atoms. The lowest BCUT2D eigenvalue weighted by Crippen LogP contribution is -2.34. The zero-order valence-corrected chi connectivity index (χ0v) is 11.2. The Labute approximate surface area is 115 Å². The summed E-state index contributed by atoms with van der Waals surface area (Å²) >= 11 is 0. The largest absolute Gasteiger partial charge is 0.481 e. The second-order valence-electron chi connectivity index (χ2n) is 4.56. The van der Waals surface area contributed by atoms with Crippen molar-refractivity contribution in [3.8, 4) is 0 Å². The third-order valence-electron chi connectivity index (χ3n) is 2.98. The van der Waals surface area contributed by atoms with Gasteiger partial charge in [0.1, 0.15) is 0 Å². The van der Waals surface area contributed by atoms with E-state index in [-0.39, 0.29) is 18.1 Å². The van der Waals surface area contributed by atoms with Gasteiger partial charge in [0.25, 0.3) is 5.69 Å². The highest BCUT2D eigenvalue weighted by atomic mass is 16.6. The number of hydrogen-bond acceptors (Lipinski definition) is 4. The number of carbonyl (C=O) groups is 2. The van der Waals surface area contributed by atoms with Crippen molar-refractivity contribution < 1.29 is 19.6 Å². The maximum atomic E-state index is 11.9. The summed E-state index contributed by atoms with van der Waals surface area (Å²) in [6.45, 7) is 3.12. The first-order valence-corrected chi connectivity index (χ1v) is 6.07. The molecule has 7 heteroatoms. The number of nitrogens with zero attached hydrogens (tertiary/aromatic N) is 1. The number of benzene rings is 1. The monoisotopic (exact) mass is 280 g/mol. The van der Waals surface area contributed by atoms with Crippen LogP contribution in [0.25, 0.3) is 0 Å². The van der Waals surface area contributed by atoms with Crippen molar-refractivity contribution in [1.82, 2.24) is 5.32 Å². The maximum Gasteiger partial charge on any atom is 0.308 e. The lowest BCUT2D eigenvalue weighted by atomic mass is 9.99. The van der Waals surface area contributed by atoms with Crippen LogP contribution in [0.4, 0.5) is 5.69 Å². The number of carboxylic acids is 1. The summed E-state index contributed by atoms with van der Waals surface area (Å²) < 4.78 is 0. The van der Waals surface area contributed by atoms with Gasteiger partial charge < -0.3 is 10.4 Å². The van der Waals surface area contributed by atoms with E-state index in [1.807, 2.05) is 0 Å². The van der Waals surface area contributed by atoms with Crippen molar-refractivity contribution in [2.45, 2.75) is 19.8 Å². The molecule has 0 spiro atoms. The van der Waals surface area contributed by atoms with Crippen LogP contribution < -0.4 is 5.32 Å². The maximum absolute atomic E-state index is 11.9. The molecule has 0 aliphatic carbocycles. The third kappa shape index (κ3) is 4.04. The standard InChI is InChI=1S/C13H16N2O5/c1-8(13(17)18)7-14-12(16)9(2)10-4-3-5-11(6-10)15(19)20/h3-6,8-9H,7H2,1-2H3,(H,14,16)(H,17,18). The van der Waals surface area contributed by atoms with E-state index in [1.54, 1.807) is 13.0 Å². The first-order valence-electron chi connectivity index (χ1n) is 6.07. The number of nitro groups is 1. The Hall–Kier alpha value is -2.44. The van der Waals surface area contributed by atoms with Crippen LogP contribution in [0.5, 0.6) is 0 Å². The van der Waals surface area contributed by atoms with Crippen molar-refractivity contribution in [3.63, 3.8) is 0 Å². The lowest BCUT2D eigenvalue weighted by Gasteiger charge is -2.14. The number of nitrogens with one attached hydrogen (secondary N) is 1. The lowest BCUT2D eigenvalue weighted by molar-refractivity contribution is -0.384. The van der Waals surface area contributed by atoms with Gasteiger partial charge in [0.15, 0.2) is 0 Å². The van der Waals surface area contributed by atoms with Crippen LogP contribution in [0.15, 0.2) is 24.3 Å². The molecule has 0 heterocycles. The molecule has 0 radical (unpaired) electrons. The quantitative estimate of drug-likeness (QED) is 0.606. The van der Waals surface area contributed by atoms with Gasteiger partial charge in [-0.1, -0.05) is 19.1 Å². The predicted molar refractivity (Wildman–Crippen MR) is 71.3 cm³/mol. The topological polar surface area (TPSA) is 110 Å². The van der Waals surface area contributed by atoms with Gasteiger partial charge in [0.2, 0.25) is 5.91 Å². The SMILES string of the molecule is CC(CNC(=O)C(C)c1cccc([N+](=O)[O-])c1)C(=O)O. The molecule has 20 heavy (non-hydrogen) atoms. The molecule has 0 aromatic heterocycles. The fourth-order valence-corrected chi connectivity index (χ4v) is 1.55. The molecule has 108 valence electrons. The van der Waals surface area contributed by atoms with E-state index in [4.69, 9.17) is 5.11 Å². The van der Waals surface area contributed by atoms with E-state index in [9.17, 15) is 19.7 Å². The molecular weight excluding hydrogens is 264 g/mol. The van der Waals surface area contributed by atoms with E-state index < -0.39 is 22.7 Å². The molecule has 2 atom stereocenters. The van der Waals surface area contributed by atoms with Crippen LogP contribution in [-0.2, 0) is 9.59 Å². The highest BCUT2D eigenvalue weighted by molar-refractivity contribution is 5.83. The average Bonchev–Trinajstić information content (AvgIpc) is 2.43. The zero-order valence-electron chi connectivity index (χ0n) is 11.2. The molecule has 1 amide bonds. The fraction of sp³-hybridized carbons (Fsp3) is 0.385. The van der Waals surface area contributed by atoms with Gasteiger partial charge in [-0.3, -0.25) is 19.7 Å². The Kier molecular flexibility index (Phi) is 5.19. The number of hydrogen-bond donors (Lipinski definition) is 2. The van der Waals surface area contributed by atoms with Gasteiger partial charge in [-0.15, -0.1) is 0 Å². The minimum absolute atomic E-state index is 0.0213. The Morgan fingerprint density at radius 1 is 1.40 bits per heavy atom. The Balaban J connectivity index is 2.71. The second-order valence-corrected chi connectivity index (χ2v) is 4.56. The summed E-state index contributed by atoms with van der Waals surface area (Å²) in [7, 11) is 0. The van der Waals surface area contributed by atoms with Gasteiger partial charge in [0.05, 0.1) is 16.8 Å². The van der Waals surface area contributed by atoms with Crippen molar-refractivity contribution in [3.05, 3.63) is 39.9 Å². The van der Waals surface area contributed by atoms with Crippen molar-refractivity contribution >= 4 is 17.6 Å². The van der Waals surface area contributed by atoms with Gasteiger partial charge in [-0.25, -0.2) is 0 Å². The molecular formula is C13H16N2O5. The zero-order chi connectivity index (χ0) is 15.3. The van der Waals surface area contributed by atoms with E-state index in [0.717, 1.165) is 0 Å². The molecule has 1 aromatic rings. The number of nitro benzene ring substituents is 1. The van der Waals surface area contributed by atoms with Crippen molar-refractivity contribution in [2.75, 3.05) is 6.54 Å². The number of carboxylic acid groups (broad SMARTS) is 1. The second kappa shape index (κ2) is 6.65. The predicted octanol–water partition coefficient (Wildman–Crippen LogP) is 1.54. The van der Waals surface area contributed by atoms with Gasteiger partial charge in [0, 0.05) is 18.7 Å². The summed E-state index contributed by atoms with van der Waals surface area (Å²) in [6.07, 6.45) is 0. The van der Waals surface area contributed by atoms with Crippen molar-refractivity contribution in [1.29, 1.82) is 0 Å². The summed E-state index contributed by atoms with van der Waals surface area (Å²) in [5, 5.41) is 21.9. The first-order chi connectivity index (χ1) is 9.32. The molecule has 1 aromatic carbocycles.